The highest BCUT2D eigenvalue weighted by atomic mass is 16.5. The lowest BCUT2D eigenvalue weighted by atomic mass is 10.1. The van der Waals surface area contributed by atoms with Crippen molar-refractivity contribution in [2.45, 2.75) is 13.1 Å². The van der Waals surface area contributed by atoms with Gasteiger partial charge in [0.1, 0.15) is 5.75 Å². The van der Waals surface area contributed by atoms with Gasteiger partial charge in [0.2, 0.25) is 0 Å². The van der Waals surface area contributed by atoms with Crippen LogP contribution in [0.25, 0.3) is 0 Å². The van der Waals surface area contributed by atoms with Crippen molar-refractivity contribution in [3.8, 4) is 5.75 Å². The lowest BCUT2D eigenvalue weighted by Crippen LogP contribution is -2.14. The minimum atomic E-state index is 0.857. The number of methoxy groups -OCH3 is 1. The molecule has 0 unspecified atom stereocenters. The molecule has 20 heavy (non-hydrogen) atoms. The van der Waals surface area contributed by atoms with Crippen molar-refractivity contribution in [1.82, 2.24) is 5.32 Å². The molecule has 2 aromatic rings. The number of hydrogen-bond donors (Lipinski definition) is 1. The molecule has 0 aliphatic heterocycles. The van der Waals surface area contributed by atoms with E-state index in [2.05, 4.69) is 60.7 Å². The molecule has 3 heteroatoms. The quantitative estimate of drug-likeness (QED) is 0.873. The molecular formula is C17H22N2O. The van der Waals surface area contributed by atoms with E-state index in [9.17, 15) is 0 Å². The Labute approximate surface area is 121 Å². The molecule has 0 spiro atoms. The summed E-state index contributed by atoms with van der Waals surface area (Å²) < 4.78 is 5.15. The Morgan fingerprint density at radius 3 is 2.30 bits per heavy atom. The Hall–Kier alpha value is -2.00. The lowest BCUT2D eigenvalue weighted by Gasteiger charge is -2.14. The van der Waals surface area contributed by atoms with Crippen LogP contribution < -0.4 is 15.0 Å². The van der Waals surface area contributed by atoms with Gasteiger partial charge in [0.05, 0.1) is 7.11 Å². The van der Waals surface area contributed by atoms with Gasteiger partial charge in [-0.15, -0.1) is 0 Å². The smallest absolute Gasteiger partial charge is 0.118 e. The van der Waals surface area contributed by atoms with Gasteiger partial charge in [-0.05, 0) is 35.4 Å². The minimum absolute atomic E-state index is 0.857. The van der Waals surface area contributed by atoms with Gasteiger partial charge >= 0.3 is 0 Å². The second-order valence-electron chi connectivity index (χ2n) is 5.02. The number of nitrogens with zero attached hydrogens (tertiary/aromatic N) is 1. The number of ether oxygens (including phenoxy) is 1. The van der Waals surface area contributed by atoms with Crippen LogP contribution in [0.1, 0.15) is 11.1 Å². The van der Waals surface area contributed by atoms with Gasteiger partial charge in [-0.2, -0.15) is 0 Å². The highest BCUT2D eigenvalue weighted by Gasteiger charge is 1.98. The van der Waals surface area contributed by atoms with Gasteiger partial charge < -0.3 is 15.0 Å². The lowest BCUT2D eigenvalue weighted by molar-refractivity contribution is 0.414. The van der Waals surface area contributed by atoms with Crippen LogP contribution in [0, 0.1) is 0 Å². The summed E-state index contributed by atoms with van der Waals surface area (Å²) in [7, 11) is 5.80. The van der Waals surface area contributed by atoms with E-state index in [4.69, 9.17) is 4.74 Å². The van der Waals surface area contributed by atoms with Crippen LogP contribution in [-0.2, 0) is 13.1 Å². The third kappa shape index (κ3) is 4.00. The Bertz CT molecular complexity index is 535. The zero-order valence-corrected chi connectivity index (χ0v) is 12.4. The molecule has 0 aliphatic rings. The summed E-state index contributed by atoms with van der Waals surface area (Å²) in [5.41, 5.74) is 3.79. The largest absolute Gasteiger partial charge is 0.497 e. The maximum absolute atomic E-state index is 5.15. The van der Waals surface area contributed by atoms with E-state index in [0.717, 1.165) is 18.8 Å². The average Bonchev–Trinajstić information content (AvgIpc) is 2.48. The van der Waals surface area contributed by atoms with Crippen molar-refractivity contribution in [2.75, 3.05) is 26.1 Å². The zero-order chi connectivity index (χ0) is 14.4. The fourth-order valence-electron chi connectivity index (χ4n) is 2.04. The Kier molecular flexibility index (Phi) is 5.02. The van der Waals surface area contributed by atoms with E-state index in [1.165, 1.54) is 16.8 Å². The SMILES string of the molecule is COc1ccc(CNCc2cccc(N(C)C)c2)cc1. The molecular weight excluding hydrogens is 248 g/mol. The predicted octanol–water partition coefficient (Wildman–Crippen LogP) is 3.05. The normalized spacial score (nSPS) is 10.3. The third-order valence-corrected chi connectivity index (χ3v) is 3.24. The molecule has 0 aliphatic carbocycles. The fraction of sp³-hybridized carbons (Fsp3) is 0.294. The van der Waals surface area contributed by atoms with Crippen molar-refractivity contribution >= 4 is 5.69 Å². The maximum Gasteiger partial charge on any atom is 0.118 e. The van der Waals surface area contributed by atoms with E-state index in [0.29, 0.717) is 0 Å². The van der Waals surface area contributed by atoms with Crippen molar-refractivity contribution in [3.63, 3.8) is 0 Å². The Morgan fingerprint density at radius 1 is 0.950 bits per heavy atom. The summed E-state index contributed by atoms with van der Waals surface area (Å²) in [5.74, 6) is 0.896. The number of hydrogen-bond acceptors (Lipinski definition) is 3. The molecule has 1 N–H and O–H groups in total. The second kappa shape index (κ2) is 6.96. The monoisotopic (exact) mass is 270 g/mol. The first-order valence-corrected chi connectivity index (χ1v) is 6.79. The van der Waals surface area contributed by atoms with E-state index in [1.807, 2.05) is 12.1 Å². The Morgan fingerprint density at radius 2 is 1.65 bits per heavy atom. The Balaban J connectivity index is 1.87. The first kappa shape index (κ1) is 14.4. The molecule has 0 amide bonds. The van der Waals surface area contributed by atoms with Crippen molar-refractivity contribution in [1.29, 1.82) is 0 Å². The molecule has 106 valence electrons. The van der Waals surface area contributed by atoms with Crippen molar-refractivity contribution in [2.24, 2.45) is 0 Å². The second-order valence-corrected chi connectivity index (χ2v) is 5.02. The van der Waals surface area contributed by atoms with Crippen molar-refractivity contribution in [3.05, 3.63) is 59.7 Å². The standard InChI is InChI=1S/C17H22N2O/c1-19(2)16-6-4-5-15(11-16)13-18-12-14-7-9-17(20-3)10-8-14/h4-11,18H,12-13H2,1-3H3. The van der Waals surface area contributed by atoms with E-state index in [1.54, 1.807) is 7.11 Å². The molecule has 0 fully saturated rings. The third-order valence-electron chi connectivity index (χ3n) is 3.24. The zero-order valence-electron chi connectivity index (χ0n) is 12.4. The molecule has 0 aromatic heterocycles. The minimum Gasteiger partial charge on any atom is -0.497 e. The molecule has 0 radical (unpaired) electrons. The van der Waals surface area contributed by atoms with Gasteiger partial charge in [0.15, 0.2) is 0 Å². The topological polar surface area (TPSA) is 24.5 Å². The first-order chi connectivity index (χ1) is 9.69. The van der Waals surface area contributed by atoms with E-state index < -0.39 is 0 Å². The summed E-state index contributed by atoms with van der Waals surface area (Å²) in [5, 5.41) is 3.46. The fourth-order valence-corrected chi connectivity index (χ4v) is 2.04. The first-order valence-electron chi connectivity index (χ1n) is 6.79. The number of nitrogens with one attached hydrogen (secondary N) is 1. The van der Waals surface area contributed by atoms with Crippen LogP contribution in [0.4, 0.5) is 5.69 Å². The van der Waals surface area contributed by atoms with Gasteiger partial charge in [0.25, 0.3) is 0 Å². The van der Waals surface area contributed by atoms with E-state index in [-0.39, 0.29) is 0 Å². The number of rotatable bonds is 6. The summed E-state index contributed by atoms with van der Waals surface area (Å²) >= 11 is 0. The summed E-state index contributed by atoms with van der Waals surface area (Å²) in [6.45, 7) is 1.73. The van der Waals surface area contributed by atoms with Crippen LogP contribution in [0.5, 0.6) is 5.75 Å². The molecule has 0 atom stereocenters. The van der Waals surface area contributed by atoms with Crippen LogP contribution >= 0.6 is 0 Å². The summed E-state index contributed by atoms with van der Waals surface area (Å²) in [6.07, 6.45) is 0. The molecule has 0 saturated heterocycles. The van der Waals surface area contributed by atoms with Crippen LogP contribution in [-0.4, -0.2) is 21.2 Å². The molecule has 2 rings (SSSR count). The van der Waals surface area contributed by atoms with E-state index >= 15 is 0 Å². The average molecular weight is 270 g/mol. The predicted molar refractivity (Wildman–Crippen MR) is 84.3 cm³/mol. The van der Waals surface area contributed by atoms with Crippen molar-refractivity contribution < 1.29 is 4.74 Å². The molecule has 2 aromatic carbocycles. The number of benzene rings is 2. The molecule has 0 bridgehead atoms. The highest BCUT2D eigenvalue weighted by molar-refractivity contribution is 5.47. The van der Waals surface area contributed by atoms with Crippen LogP contribution in [0.2, 0.25) is 0 Å². The van der Waals surface area contributed by atoms with Crippen LogP contribution in [0.15, 0.2) is 48.5 Å². The summed E-state index contributed by atoms with van der Waals surface area (Å²) in [4.78, 5) is 2.12. The highest BCUT2D eigenvalue weighted by Crippen LogP contribution is 2.14. The molecule has 3 nitrogen and oxygen atoms in total. The molecule has 0 heterocycles. The van der Waals surface area contributed by atoms with Gasteiger partial charge in [-0.1, -0.05) is 24.3 Å². The van der Waals surface area contributed by atoms with Gasteiger partial charge in [-0.25, -0.2) is 0 Å². The van der Waals surface area contributed by atoms with Gasteiger partial charge in [-0.3, -0.25) is 0 Å². The van der Waals surface area contributed by atoms with Crippen LogP contribution in [0.3, 0.4) is 0 Å². The van der Waals surface area contributed by atoms with Gasteiger partial charge in [0, 0.05) is 32.9 Å². The number of anilines is 1. The molecule has 0 saturated carbocycles. The summed E-state index contributed by atoms with van der Waals surface area (Å²) in [6, 6.07) is 16.7. The maximum atomic E-state index is 5.15.